The van der Waals surface area contributed by atoms with Crippen LogP contribution in [0.15, 0.2) is 55.0 Å². The molecule has 0 bridgehead atoms. The standard InChI is InChI=1S/C22H22N6O2/c1-14-3-4-15(2)19(11-14)28-13-24-17-12-16(5-6-18(17)28)22(30)25-21-8-10-27(26-21)9-7-20(23)29/h3-6,8,10-13H,7,9H2,1-2H3,(H2,23,29)(H,25,26,30). The average molecular weight is 402 g/mol. The summed E-state index contributed by atoms with van der Waals surface area (Å²) in [7, 11) is 0. The van der Waals surface area contributed by atoms with E-state index < -0.39 is 5.91 Å². The molecule has 30 heavy (non-hydrogen) atoms. The number of benzene rings is 2. The lowest BCUT2D eigenvalue weighted by Gasteiger charge is -2.09. The summed E-state index contributed by atoms with van der Waals surface area (Å²) in [4.78, 5) is 28.0. The zero-order chi connectivity index (χ0) is 21.3. The van der Waals surface area contributed by atoms with Gasteiger partial charge in [-0.05, 0) is 49.2 Å². The number of fused-ring (bicyclic) bond motifs is 1. The van der Waals surface area contributed by atoms with Crippen LogP contribution in [0.1, 0.15) is 27.9 Å². The molecule has 4 aromatic rings. The second-order valence-electron chi connectivity index (χ2n) is 7.24. The van der Waals surface area contributed by atoms with E-state index in [1.807, 2.05) is 10.6 Å². The summed E-state index contributed by atoms with van der Waals surface area (Å²) < 4.78 is 3.59. The van der Waals surface area contributed by atoms with Crippen LogP contribution >= 0.6 is 0 Å². The molecule has 4 rings (SSSR count). The van der Waals surface area contributed by atoms with Gasteiger partial charge in [-0.25, -0.2) is 4.98 Å². The smallest absolute Gasteiger partial charge is 0.256 e. The predicted molar refractivity (Wildman–Crippen MR) is 115 cm³/mol. The van der Waals surface area contributed by atoms with Crippen LogP contribution in [0.2, 0.25) is 0 Å². The molecule has 2 aromatic carbocycles. The molecule has 0 unspecified atom stereocenters. The fourth-order valence-corrected chi connectivity index (χ4v) is 3.29. The number of hydrogen-bond donors (Lipinski definition) is 2. The Morgan fingerprint density at radius 1 is 1.10 bits per heavy atom. The number of carbonyl (C=O) groups is 2. The molecule has 152 valence electrons. The fourth-order valence-electron chi connectivity index (χ4n) is 3.29. The zero-order valence-electron chi connectivity index (χ0n) is 16.8. The minimum atomic E-state index is -0.398. The molecule has 0 saturated carbocycles. The van der Waals surface area contributed by atoms with E-state index in [4.69, 9.17) is 5.73 Å². The highest BCUT2D eigenvalue weighted by molar-refractivity contribution is 6.05. The number of carbonyl (C=O) groups excluding carboxylic acids is 2. The first-order chi connectivity index (χ1) is 14.4. The molecule has 0 radical (unpaired) electrons. The third kappa shape index (κ3) is 3.93. The van der Waals surface area contributed by atoms with Crippen molar-refractivity contribution in [1.29, 1.82) is 0 Å². The number of primary amides is 1. The number of aromatic nitrogens is 4. The Morgan fingerprint density at radius 2 is 1.93 bits per heavy atom. The van der Waals surface area contributed by atoms with Crippen molar-refractivity contribution < 1.29 is 9.59 Å². The number of hydrogen-bond acceptors (Lipinski definition) is 4. The van der Waals surface area contributed by atoms with Gasteiger partial charge in [0.25, 0.3) is 5.91 Å². The third-order valence-electron chi connectivity index (χ3n) is 4.90. The molecule has 0 saturated heterocycles. The van der Waals surface area contributed by atoms with Crippen LogP contribution in [0.5, 0.6) is 0 Å². The molecule has 0 spiro atoms. The number of anilines is 1. The summed E-state index contributed by atoms with van der Waals surface area (Å²) in [6.07, 6.45) is 3.65. The number of amides is 2. The largest absolute Gasteiger partial charge is 0.370 e. The van der Waals surface area contributed by atoms with Crippen LogP contribution in [0, 0.1) is 13.8 Å². The fraction of sp³-hybridized carbons (Fsp3) is 0.182. The first kappa shape index (κ1) is 19.4. The summed E-state index contributed by atoms with van der Waals surface area (Å²) in [6, 6.07) is 13.4. The van der Waals surface area contributed by atoms with Crippen molar-refractivity contribution in [3.63, 3.8) is 0 Å². The number of rotatable bonds is 6. The quantitative estimate of drug-likeness (QED) is 0.517. The highest BCUT2D eigenvalue weighted by Crippen LogP contribution is 2.23. The van der Waals surface area contributed by atoms with E-state index in [1.165, 1.54) is 5.56 Å². The highest BCUT2D eigenvalue weighted by atomic mass is 16.2. The van der Waals surface area contributed by atoms with Crippen LogP contribution < -0.4 is 11.1 Å². The van der Waals surface area contributed by atoms with Gasteiger partial charge in [0, 0.05) is 30.8 Å². The van der Waals surface area contributed by atoms with E-state index in [1.54, 1.807) is 35.4 Å². The maximum absolute atomic E-state index is 12.6. The maximum atomic E-state index is 12.6. The monoisotopic (exact) mass is 402 g/mol. The van der Waals surface area contributed by atoms with Gasteiger partial charge in [-0.3, -0.25) is 18.8 Å². The Balaban J connectivity index is 1.55. The molecule has 0 aliphatic heterocycles. The van der Waals surface area contributed by atoms with Gasteiger partial charge in [0.2, 0.25) is 5.91 Å². The van der Waals surface area contributed by atoms with E-state index in [0.717, 1.165) is 22.3 Å². The number of imidazole rings is 1. The number of nitrogens with zero attached hydrogens (tertiary/aromatic N) is 4. The summed E-state index contributed by atoms with van der Waals surface area (Å²) >= 11 is 0. The van der Waals surface area contributed by atoms with Crippen molar-refractivity contribution in [3.8, 4) is 5.69 Å². The second-order valence-corrected chi connectivity index (χ2v) is 7.24. The van der Waals surface area contributed by atoms with Gasteiger partial charge < -0.3 is 11.1 Å². The molecular weight excluding hydrogens is 380 g/mol. The van der Waals surface area contributed by atoms with Gasteiger partial charge in [-0.2, -0.15) is 5.10 Å². The average Bonchev–Trinajstić information content (AvgIpc) is 3.34. The number of nitrogens with two attached hydrogens (primary N) is 1. The Kier molecular flexibility index (Phi) is 5.05. The highest BCUT2D eigenvalue weighted by Gasteiger charge is 2.13. The van der Waals surface area contributed by atoms with Gasteiger partial charge in [0.1, 0.15) is 6.33 Å². The number of nitrogens with one attached hydrogen (secondary N) is 1. The Labute approximate surface area is 173 Å². The Bertz CT molecular complexity index is 1250. The van der Waals surface area contributed by atoms with Crippen LogP contribution in [-0.4, -0.2) is 31.1 Å². The van der Waals surface area contributed by atoms with Crippen LogP contribution in [0.3, 0.4) is 0 Å². The molecule has 0 aliphatic carbocycles. The molecule has 0 atom stereocenters. The lowest BCUT2D eigenvalue weighted by atomic mass is 10.1. The topological polar surface area (TPSA) is 108 Å². The van der Waals surface area contributed by atoms with Crippen molar-refractivity contribution in [3.05, 3.63) is 71.7 Å². The first-order valence-corrected chi connectivity index (χ1v) is 9.58. The Morgan fingerprint density at radius 3 is 2.73 bits per heavy atom. The van der Waals surface area contributed by atoms with Crippen molar-refractivity contribution >= 4 is 28.7 Å². The molecule has 8 heteroatoms. The van der Waals surface area contributed by atoms with E-state index >= 15 is 0 Å². The molecule has 2 aromatic heterocycles. The number of aryl methyl sites for hydroxylation is 3. The van der Waals surface area contributed by atoms with E-state index in [-0.39, 0.29) is 12.3 Å². The molecule has 8 nitrogen and oxygen atoms in total. The summed E-state index contributed by atoms with van der Waals surface area (Å²) in [5, 5.41) is 6.99. The lowest BCUT2D eigenvalue weighted by Crippen LogP contribution is -2.15. The molecular formula is C22H22N6O2. The SMILES string of the molecule is Cc1ccc(C)c(-n2cnc3cc(C(=O)Nc4ccn(CCC(N)=O)n4)ccc32)c1. The van der Waals surface area contributed by atoms with Gasteiger partial charge in [0.05, 0.1) is 16.7 Å². The van der Waals surface area contributed by atoms with Crippen molar-refractivity contribution in [2.45, 2.75) is 26.8 Å². The molecule has 3 N–H and O–H groups in total. The maximum Gasteiger partial charge on any atom is 0.256 e. The van der Waals surface area contributed by atoms with E-state index in [2.05, 4.69) is 47.4 Å². The first-order valence-electron chi connectivity index (χ1n) is 9.58. The minimum absolute atomic E-state index is 0.189. The normalized spacial score (nSPS) is 11.0. The summed E-state index contributed by atoms with van der Waals surface area (Å²) in [5.41, 5.74) is 10.7. The summed E-state index contributed by atoms with van der Waals surface area (Å²) in [5.74, 6) is -0.270. The van der Waals surface area contributed by atoms with Crippen molar-refractivity contribution in [1.82, 2.24) is 19.3 Å². The predicted octanol–water partition coefficient (Wildman–Crippen LogP) is 2.97. The molecule has 2 amide bonds. The molecule has 2 heterocycles. The third-order valence-corrected chi connectivity index (χ3v) is 4.90. The molecule has 0 aliphatic rings. The van der Waals surface area contributed by atoms with E-state index in [0.29, 0.717) is 17.9 Å². The second kappa shape index (κ2) is 7.82. The van der Waals surface area contributed by atoms with Gasteiger partial charge in [-0.1, -0.05) is 12.1 Å². The summed E-state index contributed by atoms with van der Waals surface area (Å²) in [6.45, 7) is 4.48. The van der Waals surface area contributed by atoms with Gasteiger partial charge >= 0.3 is 0 Å². The van der Waals surface area contributed by atoms with E-state index in [9.17, 15) is 9.59 Å². The van der Waals surface area contributed by atoms with Gasteiger partial charge in [0.15, 0.2) is 5.82 Å². The molecule has 0 fully saturated rings. The van der Waals surface area contributed by atoms with Crippen LogP contribution in [-0.2, 0) is 11.3 Å². The lowest BCUT2D eigenvalue weighted by molar-refractivity contribution is -0.118. The van der Waals surface area contributed by atoms with Crippen molar-refractivity contribution in [2.24, 2.45) is 5.73 Å². The van der Waals surface area contributed by atoms with Crippen LogP contribution in [0.4, 0.5) is 5.82 Å². The van der Waals surface area contributed by atoms with Crippen molar-refractivity contribution in [2.75, 3.05) is 5.32 Å². The van der Waals surface area contributed by atoms with Gasteiger partial charge in [-0.15, -0.1) is 0 Å². The Hall–Kier alpha value is -3.94. The zero-order valence-corrected chi connectivity index (χ0v) is 16.8. The van der Waals surface area contributed by atoms with Crippen LogP contribution in [0.25, 0.3) is 16.7 Å². The minimum Gasteiger partial charge on any atom is -0.370 e.